The summed E-state index contributed by atoms with van der Waals surface area (Å²) >= 11 is 6.30. The summed E-state index contributed by atoms with van der Waals surface area (Å²) < 4.78 is 16.5. The van der Waals surface area contributed by atoms with E-state index in [0.29, 0.717) is 21.9 Å². The molecule has 1 aliphatic heterocycles. The van der Waals surface area contributed by atoms with Crippen LogP contribution in [0.4, 0.5) is 0 Å². The molecule has 9 nitrogen and oxygen atoms in total. The molecule has 0 saturated carbocycles. The lowest BCUT2D eigenvalue weighted by atomic mass is 9.85. The van der Waals surface area contributed by atoms with E-state index in [9.17, 15) is 30.0 Å². The van der Waals surface area contributed by atoms with Crippen LogP contribution < -0.4 is 14.9 Å². The Balaban J connectivity index is 1.83. The zero-order chi connectivity index (χ0) is 25.0. The third-order valence-corrected chi connectivity index (χ3v) is 6.18. The van der Waals surface area contributed by atoms with Gasteiger partial charge in [-0.3, -0.25) is 9.59 Å². The molecule has 0 bridgehead atoms. The number of phenolic OH excluding ortho intramolecular Hbond substituents is 3. The van der Waals surface area contributed by atoms with Gasteiger partial charge in [-0.05, 0) is 35.9 Å². The van der Waals surface area contributed by atoms with Crippen LogP contribution in [0.2, 0.25) is 5.02 Å². The van der Waals surface area contributed by atoms with Crippen molar-refractivity contribution in [2.75, 3.05) is 7.11 Å². The Bertz CT molecular complexity index is 1590. The lowest BCUT2D eigenvalue weighted by Crippen LogP contribution is -2.22. The third-order valence-electron chi connectivity index (χ3n) is 5.88. The molecule has 4 aromatic rings. The fourth-order valence-electron chi connectivity index (χ4n) is 4.23. The summed E-state index contributed by atoms with van der Waals surface area (Å²) in [5.41, 5.74) is -0.0710. The number of benzene rings is 3. The number of methoxy groups -OCH3 is 1. The molecule has 10 heteroatoms. The number of aromatic hydroxyl groups is 4. The highest BCUT2D eigenvalue weighted by Crippen LogP contribution is 2.48. The molecular formula is C25H17ClO9. The lowest BCUT2D eigenvalue weighted by molar-refractivity contribution is -0.135. The van der Waals surface area contributed by atoms with Crippen LogP contribution >= 0.6 is 11.6 Å². The first-order chi connectivity index (χ1) is 16.7. The number of ether oxygens (including phenoxy) is 2. The summed E-state index contributed by atoms with van der Waals surface area (Å²) in [6, 6.07) is 9.67. The second-order valence-electron chi connectivity index (χ2n) is 7.95. The van der Waals surface area contributed by atoms with Crippen LogP contribution in [-0.4, -0.2) is 33.5 Å². The number of hydrogen-bond acceptors (Lipinski definition) is 9. The van der Waals surface area contributed by atoms with Gasteiger partial charge in [0, 0.05) is 23.1 Å². The first-order valence-corrected chi connectivity index (χ1v) is 10.7. The maximum Gasteiger partial charge on any atom is 0.312 e. The number of hydrogen-bond donors (Lipinski definition) is 4. The van der Waals surface area contributed by atoms with Crippen LogP contribution in [0.15, 0.2) is 51.7 Å². The molecule has 5 rings (SSSR count). The van der Waals surface area contributed by atoms with Crippen LogP contribution in [0, 0.1) is 0 Å². The molecule has 0 spiro atoms. The summed E-state index contributed by atoms with van der Waals surface area (Å²) in [7, 11) is 1.47. The van der Waals surface area contributed by atoms with Gasteiger partial charge in [0.25, 0.3) is 0 Å². The average Bonchev–Trinajstić information content (AvgIpc) is 2.82. The molecule has 178 valence electrons. The van der Waals surface area contributed by atoms with Crippen LogP contribution in [-0.2, 0) is 4.79 Å². The van der Waals surface area contributed by atoms with Gasteiger partial charge >= 0.3 is 5.97 Å². The van der Waals surface area contributed by atoms with E-state index in [1.165, 1.54) is 13.2 Å². The SMILES string of the molecule is COc1ccc(C2CC(=O)Oc3cc(O)c4c(=O)c(O)c(-c5ccc(O)c(O)c5)oc4c32)cc1Cl. The maximum atomic E-state index is 13.1. The van der Waals surface area contributed by atoms with Gasteiger partial charge in [-0.15, -0.1) is 0 Å². The Morgan fingerprint density at radius 3 is 2.43 bits per heavy atom. The second-order valence-corrected chi connectivity index (χ2v) is 8.36. The van der Waals surface area contributed by atoms with Crippen molar-refractivity contribution in [1.82, 2.24) is 0 Å². The highest BCUT2D eigenvalue weighted by atomic mass is 35.5. The van der Waals surface area contributed by atoms with Gasteiger partial charge in [-0.2, -0.15) is 0 Å². The van der Waals surface area contributed by atoms with E-state index in [1.54, 1.807) is 18.2 Å². The number of halogens is 1. The summed E-state index contributed by atoms with van der Waals surface area (Å²) in [5.74, 6) is -3.42. The minimum Gasteiger partial charge on any atom is -0.507 e. The van der Waals surface area contributed by atoms with E-state index in [0.717, 1.165) is 18.2 Å². The van der Waals surface area contributed by atoms with E-state index < -0.39 is 40.3 Å². The van der Waals surface area contributed by atoms with Crippen LogP contribution in [0.3, 0.4) is 0 Å². The smallest absolute Gasteiger partial charge is 0.312 e. The molecule has 0 fully saturated rings. The molecule has 0 amide bonds. The molecule has 1 atom stereocenters. The second kappa shape index (κ2) is 8.14. The van der Waals surface area contributed by atoms with Gasteiger partial charge in [0.05, 0.1) is 18.6 Å². The fourth-order valence-corrected chi connectivity index (χ4v) is 4.49. The van der Waals surface area contributed by atoms with Crippen molar-refractivity contribution in [3.8, 4) is 45.8 Å². The normalized spacial score (nSPS) is 15.0. The molecule has 0 aliphatic carbocycles. The third kappa shape index (κ3) is 3.57. The number of fused-ring (bicyclic) bond motifs is 3. The minimum atomic E-state index is -0.933. The van der Waals surface area contributed by atoms with Crippen LogP contribution in [0.25, 0.3) is 22.3 Å². The van der Waals surface area contributed by atoms with Gasteiger partial charge in [0.15, 0.2) is 17.3 Å². The van der Waals surface area contributed by atoms with E-state index in [-0.39, 0.29) is 34.5 Å². The van der Waals surface area contributed by atoms with Crippen LogP contribution in [0.5, 0.6) is 34.5 Å². The predicted octanol–water partition coefficient (Wildman–Crippen LogP) is 4.39. The molecule has 1 aromatic heterocycles. The minimum absolute atomic E-state index is 0.0171. The van der Waals surface area contributed by atoms with E-state index in [2.05, 4.69) is 0 Å². The number of carbonyl (C=O) groups is 1. The van der Waals surface area contributed by atoms with E-state index in [4.69, 9.17) is 25.5 Å². The number of carbonyl (C=O) groups excluding carboxylic acids is 1. The van der Waals surface area contributed by atoms with Crippen molar-refractivity contribution in [3.63, 3.8) is 0 Å². The zero-order valence-corrected chi connectivity index (χ0v) is 18.8. The molecule has 3 aromatic carbocycles. The number of phenols is 3. The summed E-state index contributed by atoms with van der Waals surface area (Å²) in [4.78, 5) is 25.5. The first kappa shape index (κ1) is 22.4. The predicted molar refractivity (Wildman–Crippen MR) is 125 cm³/mol. The van der Waals surface area contributed by atoms with Gasteiger partial charge in [0.1, 0.15) is 28.2 Å². The fraction of sp³-hybridized carbons (Fsp3) is 0.120. The molecule has 35 heavy (non-hydrogen) atoms. The topological polar surface area (TPSA) is 147 Å². The Hall–Kier alpha value is -4.37. The molecule has 1 aliphatic rings. The molecular weight excluding hydrogens is 480 g/mol. The monoisotopic (exact) mass is 496 g/mol. The molecule has 1 unspecified atom stereocenters. The van der Waals surface area contributed by atoms with Crippen molar-refractivity contribution in [3.05, 3.63) is 68.8 Å². The van der Waals surface area contributed by atoms with Crippen molar-refractivity contribution in [2.45, 2.75) is 12.3 Å². The van der Waals surface area contributed by atoms with Gasteiger partial charge in [-0.25, -0.2) is 0 Å². The molecule has 2 heterocycles. The standard InChI is InChI=1S/C25H17ClO9/c1-33-17-5-3-10(6-13(17)26)12-8-19(30)34-18-9-16(29)21-22(31)23(32)24(35-25(21)20(12)18)11-2-4-14(27)15(28)7-11/h2-7,9,12,27-29,32H,8H2,1H3. The van der Waals surface area contributed by atoms with Crippen molar-refractivity contribution in [1.29, 1.82) is 0 Å². The van der Waals surface area contributed by atoms with Gasteiger partial charge in [-0.1, -0.05) is 17.7 Å². The Morgan fingerprint density at radius 2 is 1.74 bits per heavy atom. The average molecular weight is 497 g/mol. The van der Waals surface area contributed by atoms with Crippen molar-refractivity contribution < 1.29 is 39.1 Å². The Labute approximate surface area is 202 Å². The van der Waals surface area contributed by atoms with Gasteiger partial charge in [0.2, 0.25) is 11.2 Å². The van der Waals surface area contributed by atoms with Crippen molar-refractivity contribution in [2.24, 2.45) is 0 Å². The van der Waals surface area contributed by atoms with E-state index in [1.807, 2.05) is 0 Å². The quantitative estimate of drug-likeness (QED) is 0.184. The van der Waals surface area contributed by atoms with Crippen LogP contribution in [0.1, 0.15) is 23.5 Å². The maximum absolute atomic E-state index is 13.1. The molecule has 0 radical (unpaired) electrons. The Kier molecular flexibility index (Phi) is 5.21. The number of rotatable bonds is 3. The highest BCUT2D eigenvalue weighted by Gasteiger charge is 2.34. The van der Waals surface area contributed by atoms with Gasteiger partial charge < -0.3 is 34.3 Å². The molecule has 0 saturated heterocycles. The lowest BCUT2D eigenvalue weighted by Gasteiger charge is -2.26. The summed E-state index contributed by atoms with van der Waals surface area (Å²) in [6.45, 7) is 0. The number of esters is 1. The summed E-state index contributed by atoms with van der Waals surface area (Å²) in [5, 5.41) is 40.6. The first-order valence-electron chi connectivity index (χ1n) is 10.3. The highest BCUT2D eigenvalue weighted by molar-refractivity contribution is 6.32. The summed E-state index contributed by atoms with van der Waals surface area (Å²) in [6.07, 6.45) is -0.116. The van der Waals surface area contributed by atoms with E-state index >= 15 is 0 Å². The zero-order valence-electron chi connectivity index (χ0n) is 18.0. The molecule has 4 N–H and O–H groups in total. The Morgan fingerprint density at radius 1 is 0.971 bits per heavy atom. The largest absolute Gasteiger partial charge is 0.507 e. The van der Waals surface area contributed by atoms with Crippen molar-refractivity contribution >= 4 is 28.5 Å².